The third kappa shape index (κ3) is 3.84. The Morgan fingerprint density at radius 2 is 1.61 bits per heavy atom. The third-order valence-electron chi connectivity index (χ3n) is 6.22. The first kappa shape index (κ1) is 23.1. The molecular formula is C26H19F2N5O3. The van der Waals surface area contributed by atoms with Crippen molar-refractivity contribution in [3.05, 3.63) is 83.6 Å². The Hall–Kier alpha value is -4.65. The van der Waals surface area contributed by atoms with Gasteiger partial charge in [0.15, 0.2) is 17.5 Å². The normalized spacial score (nSPS) is 19.6. The van der Waals surface area contributed by atoms with E-state index >= 15 is 8.78 Å². The highest BCUT2D eigenvalue weighted by Crippen LogP contribution is 2.37. The number of benzene rings is 2. The second-order valence-corrected chi connectivity index (χ2v) is 8.56. The molecular weight excluding hydrogens is 468 g/mol. The van der Waals surface area contributed by atoms with Crippen LogP contribution in [-0.4, -0.2) is 51.6 Å². The van der Waals surface area contributed by atoms with Crippen LogP contribution in [0.5, 0.6) is 0 Å². The lowest BCUT2D eigenvalue weighted by Crippen LogP contribution is -2.73. The van der Waals surface area contributed by atoms with Crippen LogP contribution in [0.15, 0.2) is 60.8 Å². The van der Waals surface area contributed by atoms with Crippen molar-refractivity contribution in [2.45, 2.75) is 18.9 Å². The van der Waals surface area contributed by atoms with Crippen LogP contribution in [-0.2, 0) is 9.59 Å². The topological polar surface area (TPSA) is 86.7 Å². The van der Waals surface area contributed by atoms with Crippen molar-refractivity contribution in [3.8, 4) is 11.8 Å². The van der Waals surface area contributed by atoms with Gasteiger partial charge in [0.1, 0.15) is 11.2 Å². The van der Waals surface area contributed by atoms with Crippen LogP contribution in [0.2, 0.25) is 0 Å². The molecule has 2 aliphatic rings. The number of carbonyl (C=O) groups excluding carboxylic acids is 3. The average molecular weight is 487 g/mol. The van der Waals surface area contributed by atoms with E-state index in [1.165, 1.54) is 22.9 Å². The van der Waals surface area contributed by atoms with Crippen LogP contribution in [0.3, 0.4) is 0 Å². The minimum absolute atomic E-state index is 0.0330. The maximum absolute atomic E-state index is 15.1. The summed E-state index contributed by atoms with van der Waals surface area (Å²) in [5.74, 6) is 2.14. The zero-order valence-electron chi connectivity index (χ0n) is 19.1. The van der Waals surface area contributed by atoms with Crippen LogP contribution in [0.25, 0.3) is 0 Å². The van der Waals surface area contributed by atoms with Crippen LogP contribution >= 0.6 is 0 Å². The number of fused-ring (bicyclic) bond motifs is 1. The predicted molar refractivity (Wildman–Crippen MR) is 126 cm³/mol. The number of carbonyl (C=O) groups is 3. The Morgan fingerprint density at radius 1 is 0.917 bits per heavy atom. The summed E-state index contributed by atoms with van der Waals surface area (Å²) in [7, 11) is 0. The fourth-order valence-electron chi connectivity index (χ4n) is 4.43. The van der Waals surface area contributed by atoms with Crippen LogP contribution in [0, 0.1) is 23.5 Å². The molecule has 2 aliphatic heterocycles. The molecule has 0 radical (unpaired) electrons. The molecule has 180 valence electrons. The number of rotatable bonds is 2. The highest BCUT2D eigenvalue weighted by molar-refractivity contribution is 6.20. The Labute approximate surface area is 205 Å². The summed E-state index contributed by atoms with van der Waals surface area (Å²) in [4.78, 5) is 42.7. The molecule has 3 heterocycles. The predicted octanol–water partition coefficient (Wildman–Crippen LogP) is 3.12. The van der Waals surface area contributed by atoms with Gasteiger partial charge in [-0.1, -0.05) is 30.0 Å². The molecule has 36 heavy (non-hydrogen) atoms. The largest absolute Gasteiger partial charge is 0.332 e. The van der Waals surface area contributed by atoms with E-state index in [0.29, 0.717) is 10.5 Å². The first-order valence-electron chi connectivity index (χ1n) is 11.1. The summed E-state index contributed by atoms with van der Waals surface area (Å²) >= 11 is 0. The summed E-state index contributed by atoms with van der Waals surface area (Å²) in [6.45, 7) is 1.57. The number of halogens is 2. The monoisotopic (exact) mass is 487 g/mol. The van der Waals surface area contributed by atoms with Gasteiger partial charge < -0.3 is 4.90 Å². The second kappa shape index (κ2) is 8.85. The van der Waals surface area contributed by atoms with Gasteiger partial charge in [-0.05, 0) is 43.3 Å². The third-order valence-corrected chi connectivity index (χ3v) is 6.22. The molecule has 0 saturated carbocycles. The lowest BCUT2D eigenvalue weighted by molar-refractivity contribution is -0.137. The molecule has 0 N–H and O–H groups in total. The number of urea groups is 1. The van der Waals surface area contributed by atoms with E-state index in [-0.39, 0.29) is 24.5 Å². The minimum atomic E-state index is -1.53. The number of aromatic nitrogens is 2. The number of piperazine rings is 1. The molecule has 2 fully saturated rings. The van der Waals surface area contributed by atoms with Crippen molar-refractivity contribution < 1.29 is 23.2 Å². The van der Waals surface area contributed by atoms with Crippen LogP contribution in [0.4, 0.5) is 25.1 Å². The summed E-state index contributed by atoms with van der Waals surface area (Å²) in [6.07, 6.45) is 1.00. The highest BCUT2D eigenvalue weighted by atomic mass is 19.1. The molecule has 1 aromatic heterocycles. The van der Waals surface area contributed by atoms with Gasteiger partial charge in [0.05, 0.1) is 6.42 Å². The zero-order chi connectivity index (χ0) is 25.4. The van der Waals surface area contributed by atoms with Crippen LogP contribution < -0.4 is 9.80 Å². The van der Waals surface area contributed by atoms with Crippen molar-refractivity contribution in [2.24, 2.45) is 0 Å². The second-order valence-electron chi connectivity index (χ2n) is 8.56. The number of imide groups is 1. The van der Waals surface area contributed by atoms with E-state index < -0.39 is 47.1 Å². The van der Waals surface area contributed by atoms with Gasteiger partial charge in [-0.25, -0.2) is 18.5 Å². The number of anilines is 2. The first-order chi connectivity index (χ1) is 17.3. The quantitative estimate of drug-likeness (QED) is 0.519. The van der Waals surface area contributed by atoms with E-state index in [4.69, 9.17) is 0 Å². The molecule has 2 saturated heterocycles. The maximum Gasteiger partial charge on any atom is 0.332 e. The molecule has 2 aromatic carbocycles. The molecule has 0 aliphatic carbocycles. The Kier molecular flexibility index (Phi) is 5.68. The fourth-order valence-corrected chi connectivity index (χ4v) is 4.43. The molecule has 0 bridgehead atoms. The van der Waals surface area contributed by atoms with Gasteiger partial charge in [-0.2, -0.15) is 5.10 Å². The summed E-state index contributed by atoms with van der Waals surface area (Å²) in [5.41, 5.74) is -1.62. The number of amides is 4. The van der Waals surface area contributed by atoms with E-state index in [9.17, 15) is 14.4 Å². The highest BCUT2D eigenvalue weighted by Gasteiger charge is 2.56. The number of nitrogens with zero attached hydrogens (tertiary/aromatic N) is 5. The lowest BCUT2D eigenvalue weighted by atomic mass is 9.88. The van der Waals surface area contributed by atoms with E-state index in [0.717, 1.165) is 12.1 Å². The molecule has 3 aromatic rings. The Balaban J connectivity index is 1.45. The average Bonchev–Trinajstić information content (AvgIpc) is 2.86. The molecule has 5 rings (SSSR count). The smallest absolute Gasteiger partial charge is 0.307 e. The summed E-state index contributed by atoms with van der Waals surface area (Å²) in [5, 5.41) is 7.70. The first-order valence-corrected chi connectivity index (χ1v) is 11.1. The number of hydrogen-bond acceptors (Lipinski definition) is 5. The van der Waals surface area contributed by atoms with Gasteiger partial charge in [-0.15, -0.1) is 5.10 Å². The molecule has 8 nitrogen and oxygen atoms in total. The molecule has 0 spiro atoms. The molecule has 4 amide bonds. The molecule has 10 heteroatoms. The van der Waals surface area contributed by atoms with E-state index in [1.54, 1.807) is 36.4 Å². The number of hydrogen-bond donors (Lipinski definition) is 0. The summed E-state index contributed by atoms with van der Waals surface area (Å²) < 4.78 is 30.2. The van der Waals surface area contributed by atoms with Gasteiger partial charge in [-0.3, -0.25) is 14.5 Å². The minimum Gasteiger partial charge on any atom is -0.307 e. The molecule has 1 atom stereocenters. The molecule has 0 unspecified atom stereocenters. The van der Waals surface area contributed by atoms with Crippen LogP contribution in [0.1, 0.15) is 24.5 Å². The fraction of sp³-hybridized carbons (Fsp3) is 0.192. The van der Waals surface area contributed by atoms with Crippen molar-refractivity contribution in [1.29, 1.82) is 0 Å². The zero-order valence-corrected chi connectivity index (χ0v) is 19.1. The van der Waals surface area contributed by atoms with Gasteiger partial charge >= 0.3 is 6.03 Å². The SMILES string of the molecule is C[C@@]12CC(=O)N(c3c(F)cc(C#Cc4ccccc4)cc3F)C(=O)N1CCN(c1cccnn1)C2=O. The van der Waals surface area contributed by atoms with E-state index in [2.05, 4.69) is 22.0 Å². The van der Waals surface area contributed by atoms with Gasteiger partial charge in [0.25, 0.3) is 5.91 Å². The van der Waals surface area contributed by atoms with Crippen molar-refractivity contribution >= 4 is 29.4 Å². The Bertz CT molecular complexity index is 1420. The van der Waals surface area contributed by atoms with Gasteiger partial charge in [0.2, 0.25) is 5.91 Å². The lowest BCUT2D eigenvalue weighted by Gasteiger charge is -2.51. The van der Waals surface area contributed by atoms with Crippen molar-refractivity contribution in [2.75, 3.05) is 22.9 Å². The van der Waals surface area contributed by atoms with Crippen molar-refractivity contribution in [1.82, 2.24) is 15.1 Å². The van der Waals surface area contributed by atoms with Gasteiger partial charge in [0, 0.05) is 30.4 Å². The Morgan fingerprint density at radius 3 is 2.28 bits per heavy atom. The van der Waals surface area contributed by atoms with Crippen molar-refractivity contribution in [3.63, 3.8) is 0 Å². The summed E-state index contributed by atoms with van der Waals surface area (Å²) in [6, 6.07) is 13.1. The maximum atomic E-state index is 15.1. The standard InChI is InChI=1S/C26H19F2N5O3/c1-26-16-22(34)33(25(36)32(26)13-12-31(24(26)35)21-8-5-11-29-30-21)23-19(27)14-18(15-20(23)28)10-9-17-6-3-2-4-7-17/h2-8,11,14-15H,12-13,16H2,1H3/t26-/m0/s1. The van der Waals surface area contributed by atoms with E-state index in [1.807, 2.05) is 6.07 Å².